The van der Waals surface area contributed by atoms with Crippen LogP contribution in [0.15, 0.2) is 36.4 Å². The molecule has 0 atom stereocenters. The fourth-order valence-corrected chi connectivity index (χ4v) is 3.06. The highest BCUT2D eigenvalue weighted by Gasteiger charge is 2.17. The van der Waals surface area contributed by atoms with Crippen molar-refractivity contribution in [3.8, 4) is 6.07 Å². The molecule has 1 aliphatic heterocycles. The second-order valence-electron chi connectivity index (χ2n) is 6.80. The molecule has 1 N–H and O–H groups in total. The smallest absolute Gasteiger partial charge is 0.272 e. The van der Waals surface area contributed by atoms with E-state index < -0.39 is 0 Å². The van der Waals surface area contributed by atoms with Crippen molar-refractivity contribution in [1.29, 1.82) is 5.26 Å². The number of hydrogen-bond acceptors (Lipinski definition) is 6. The molecule has 2 heterocycles. The predicted octanol–water partition coefficient (Wildman–Crippen LogP) is 1.81. The number of carbonyl (C=O) groups excluding carboxylic acids is 2. The van der Waals surface area contributed by atoms with E-state index in [0.717, 1.165) is 18.8 Å². The molecule has 3 rings (SSSR count). The number of aromatic nitrogens is 1. The number of nitriles is 1. The van der Waals surface area contributed by atoms with Gasteiger partial charge >= 0.3 is 0 Å². The van der Waals surface area contributed by atoms with Crippen LogP contribution < -0.4 is 10.2 Å². The van der Waals surface area contributed by atoms with Crippen LogP contribution in [0.5, 0.6) is 0 Å². The summed E-state index contributed by atoms with van der Waals surface area (Å²) in [6, 6.07) is 12.7. The molecule has 1 aromatic carbocycles. The Kier molecular flexibility index (Phi) is 6.42. The zero-order valence-corrected chi connectivity index (χ0v) is 16.5. The molecule has 0 aliphatic carbocycles. The lowest BCUT2D eigenvalue weighted by molar-refractivity contribution is -0.116. The minimum absolute atomic E-state index is 0.106. The van der Waals surface area contributed by atoms with Gasteiger partial charge in [0.1, 0.15) is 11.8 Å². The van der Waals surface area contributed by atoms with E-state index in [-0.39, 0.29) is 24.1 Å². The second-order valence-corrected chi connectivity index (χ2v) is 6.80. The number of nitrogens with zero attached hydrogens (tertiary/aromatic N) is 4. The third-order valence-electron chi connectivity index (χ3n) is 4.68. The average molecular weight is 393 g/mol. The third-order valence-corrected chi connectivity index (χ3v) is 4.68. The zero-order chi connectivity index (χ0) is 20.8. The molecule has 0 saturated carbocycles. The highest BCUT2D eigenvalue weighted by molar-refractivity contribution is 5.98. The van der Waals surface area contributed by atoms with Crippen molar-refractivity contribution in [3.63, 3.8) is 0 Å². The Hall–Kier alpha value is -3.44. The summed E-state index contributed by atoms with van der Waals surface area (Å²) in [4.78, 5) is 32.5. The first-order valence-electron chi connectivity index (χ1n) is 9.34. The van der Waals surface area contributed by atoms with E-state index >= 15 is 0 Å². The fourth-order valence-electron chi connectivity index (χ4n) is 3.06. The van der Waals surface area contributed by atoms with Crippen molar-refractivity contribution in [1.82, 2.24) is 9.88 Å². The highest BCUT2D eigenvalue weighted by atomic mass is 16.5. The lowest BCUT2D eigenvalue weighted by Gasteiger charge is -2.28. The van der Waals surface area contributed by atoms with Crippen molar-refractivity contribution in [2.75, 3.05) is 50.1 Å². The number of morpholine rings is 1. The minimum Gasteiger partial charge on any atom is -0.378 e. The summed E-state index contributed by atoms with van der Waals surface area (Å²) in [6.45, 7) is 4.69. The van der Waals surface area contributed by atoms with Gasteiger partial charge in [-0.3, -0.25) is 9.59 Å². The van der Waals surface area contributed by atoms with Gasteiger partial charge in [0, 0.05) is 31.5 Å². The van der Waals surface area contributed by atoms with Gasteiger partial charge in [0.05, 0.1) is 31.0 Å². The fraction of sp³-hybridized carbons (Fsp3) is 0.333. The highest BCUT2D eigenvalue weighted by Crippen LogP contribution is 2.19. The summed E-state index contributed by atoms with van der Waals surface area (Å²) in [7, 11) is 1.54. The van der Waals surface area contributed by atoms with Gasteiger partial charge in [-0.25, -0.2) is 4.98 Å². The van der Waals surface area contributed by atoms with Gasteiger partial charge in [-0.15, -0.1) is 0 Å². The zero-order valence-electron chi connectivity index (χ0n) is 16.5. The first-order chi connectivity index (χ1) is 14.0. The maximum absolute atomic E-state index is 12.5. The first kappa shape index (κ1) is 20.3. The Morgan fingerprint density at radius 3 is 2.52 bits per heavy atom. The van der Waals surface area contributed by atoms with Crippen LogP contribution in [0.1, 0.15) is 21.7 Å². The molecule has 1 aromatic heterocycles. The molecule has 150 valence electrons. The van der Waals surface area contributed by atoms with E-state index in [0.29, 0.717) is 30.2 Å². The van der Waals surface area contributed by atoms with Crippen molar-refractivity contribution in [2.24, 2.45) is 0 Å². The van der Waals surface area contributed by atoms with Crippen LogP contribution in [-0.2, 0) is 9.53 Å². The van der Waals surface area contributed by atoms with E-state index in [1.165, 1.54) is 11.0 Å². The summed E-state index contributed by atoms with van der Waals surface area (Å²) in [5.74, 6) is -0.680. The first-order valence-corrected chi connectivity index (χ1v) is 9.34. The number of anilines is 2. The van der Waals surface area contributed by atoms with Gasteiger partial charge in [0.2, 0.25) is 5.91 Å². The Morgan fingerprint density at radius 1 is 1.21 bits per heavy atom. The maximum atomic E-state index is 12.5. The Balaban J connectivity index is 1.56. The van der Waals surface area contributed by atoms with E-state index in [4.69, 9.17) is 10.00 Å². The summed E-state index contributed by atoms with van der Waals surface area (Å²) < 4.78 is 5.35. The van der Waals surface area contributed by atoms with Crippen LogP contribution in [0.2, 0.25) is 0 Å². The van der Waals surface area contributed by atoms with Crippen molar-refractivity contribution in [3.05, 3.63) is 53.3 Å². The van der Waals surface area contributed by atoms with E-state index in [1.807, 2.05) is 30.3 Å². The van der Waals surface area contributed by atoms with Crippen LogP contribution in [0.3, 0.4) is 0 Å². The Morgan fingerprint density at radius 2 is 1.90 bits per heavy atom. The number of nitrogens with one attached hydrogen (secondary N) is 1. The molecular formula is C21H23N5O3. The number of hydrogen-bond donors (Lipinski definition) is 1. The van der Waals surface area contributed by atoms with Gasteiger partial charge in [0.15, 0.2) is 0 Å². The van der Waals surface area contributed by atoms with Gasteiger partial charge in [-0.1, -0.05) is 0 Å². The van der Waals surface area contributed by atoms with E-state index in [9.17, 15) is 9.59 Å². The number of benzene rings is 1. The molecule has 0 unspecified atom stereocenters. The van der Waals surface area contributed by atoms with Crippen LogP contribution in [-0.4, -0.2) is 61.6 Å². The summed E-state index contributed by atoms with van der Waals surface area (Å²) in [5.41, 5.74) is 2.85. The molecule has 1 saturated heterocycles. The molecule has 8 nitrogen and oxygen atoms in total. The van der Waals surface area contributed by atoms with Crippen LogP contribution in [0, 0.1) is 18.3 Å². The number of likely N-dealkylation sites (N-methyl/N-ethyl adjacent to an activating group) is 1. The number of ether oxygens (including phenoxy) is 1. The molecule has 1 fully saturated rings. The van der Waals surface area contributed by atoms with Gasteiger partial charge < -0.3 is 19.9 Å². The van der Waals surface area contributed by atoms with E-state index in [1.54, 1.807) is 20.0 Å². The molecule has 2 amide bonds. The Bertz CT molecular complexity index is 930. The standard InChI is InChI=1S/C21H23N5O3/c1-15-16(13-22)3-8-19(23-15)21(28)25(2)14-20(27)24-17-4-6-18(7-5-17)26-9-11-29-12-10-26/h3-8H,9-12,14H2,1-2H3,(H,24,27). The third kappa shape index (κ3) is 5.09. The molecule has 1 aliphatic rings. The Labute approximate surface area is 169 Å². The molecule has 0 spiro atoms. The van der Waals surface area contributed by atoms with E-state index in [2.05, 4.69) is 15.2 Å². The monoisotopic (exact) mass is 393 g/mol. The molecule has 29 heavy (non-hydrogen) atoms. The normalized spacial score (nSPS) is 13.5. The largest absolute Gasteiger partial charge is 0.378 e. The molecular weight excluding hydrogens is 370 g/mol. The lowest BCUT2D eigenvalue weighted by atomic mass is 10.2. The van der Waals surface area contributed by atoms with Gasteiger partial charge in [-0.05, 0) is 43.3 Å². The number of aryl methyl sites for hydroxylation is 1. The number of pyridine rings is 1. The van der Waals surface area contributed by atoms with Crippen molar-refractivity contribution in [2.45, 2.75) is 6.92 Å². The molecule has 0 radical (unpaired) electrons. The predicted molar refractivity (Wildman–Crippen MR) is 109 cm³/mol. The SMILES string of the molecule is Cc1nc(C(=O)N(C)CC(=O)Nc2ccc(N3CCOCC3)cc2)ccc1C#N. The number of amides is 2. The van der Waals surface area contributed by atoms with Crippen LogP contribution >= 0.6 is 0 Å². The average Bonchev–Trinajstić information content (AvgIpc) is 2.74. The molecule has 0 bridgehead atoms. The summed E-state index contributed by atoms with van der Waals surface area (Å²) >= 11 is 0. The second kappa shape index (κ2) is 9.17. The lowest BCUT2D eigenvalue weighted by Crippen LogP contribution is -2.36. The minimum atomic E-state index is -0.379. The molecule has 2 aromatic rings. The van der Waals surface area contributed by atoms with Gasteiger partial charge in [0.25, 0.3) is 5.91 Å². The quantitative estimate of drug-likeness (QED) is 0.832. The topological polar surface area (TPSA) is 98.6 Å². The van der Waals surface area contributed by atoms with Crippen LogP contribution in [0.25, 0.3) is 0 Å². The van der Waals surface area contributed by atoms with Gasteiger partial charge in [-0.2, -0.15) is 5.26 Å². The number of rotatable bonds is 5. The molecule has 8 heteroatoms. The van der Waals surface area contributed by atoms with Crippen molar-refractivity contribution >= 4 is 23.2 Å². The van der Waals surface area contributed by atoms with Crippen molar-refractivity contribution < 1.29 is 14.3 Å². The maximum Gasteiger partial charge on any atom is 0.272 e. The summed E-state index contributed by atoms with van der Waals surface area (Å²) in [6.07, 6.45) is 0. The summed E-state index contributed by atoms with van der Waals surface area (Å²) in [5, 5.41) is 11.8. The number of carbonyl (C=O) groups is 2. The van der Waals surface area contributed by atoms with Crippen LogP contribution in [0.4, 0.5) is 11.4 Å².